The molecule has 2 N–H and O–H groups in total. The van der Waals surface area contributed by atoms with Crippen molar-refractivity contribution in [1.29, 1.82) is 0 Å². The number of hydrogen-bond acceptors (Lipinski definition) is 4. The van der Waals surface area contributed by atoms with Crippen molar-refractivity contribution < 1.29 is 9.18 Å². The van der Waals surface area contributed by atoms with Crippen LogP contribution in [0.3, 0.4) is 0 Å². The summed E-state index contributed by atoms with van der Waals surface area (Å²) in [5.74, 6) is -0.178. The molecule has 0 spiro atoms. The molecule has 1 aromatic heterocycles. The van der Waals surface area contributed by atoms with Crippen molar-refractivity contribution in [2.75, 3.05) is 5.32 Å². The standard InChI is InChI=1S/C15H15FN4O/c16-12-4-2-1-3-10(12)9-18-15-17-8-7-13(20-15)14(21)19-11-5-6-11/h1-4,7-8,11H,5-6,9H2,(H,19,21)(H,17,18,20). The largest absolute Gasteiger partial charge is 0.350 e. The Bertz CT molecular complexity index is 658. The van der Waals surface area contributed by atoms with Crippen LogP contribution in [-0.4, -0.2) is 21.9 Å². The molecule has 0 saturated heterocycles. The van der Waals surface area contributed by atoms with Crippen molar-refractivity contribution in [3.05, 3.63) is 53.6 Å². The summed E-state index contributed by atoms with van der Waals surface area (Å²) in [6, 6.07) is 8.33. The molecule has 1 aromatic carbocycles. The van der Waals surface area contributed by atoms with E-state index in [0.29, 0.717) is 17.2 Å². The number of carbonyl (C=O) groups is 1. The third-order valence-electron chi connectivity index (χ3n) is 3.20. The smallest absolute Gasteiger partial charge is 0.270 e. The van der Waals surface area contributed by atoms with Crippen LogP contribution in [0.25, 0.3) is 0 Å². The summed E-state index contributed by atoms with van der Waals surface area (Å²) in [4.78, 5) is 20.1. The Kier molecular flexibility index (Phi) is 3.77. The molecule has 0 atom stereocenters. The van der Waals surface area contributed by atoms with E-state index in [4.69, 9.17) is 0 Å². The Balaban J connectivity index is 1.65. The number of rotatable bonds is 5. The molecule has 1 aliphatic rings. The van der Waals surface area contributed by atoms with Crippen LogP contribution >= 0.6 is 0 Å². The van der Waals surface area contributed by atoms with Gasteiger partial charge in [0.2, 0.25) is 5.95 Å². The second-order valence-electron chi connectivity index (χ2n) is 4.96. The Morgan fingerprint density at radius 3 is 2.86 bits per heavy atom. The van der Waals surface area contributed by atoms with E-state index in [2.05, 4.69) is 20.6 Å². The minimum absolute atomic E-state index is 0.200. The van der Waals surface area contributed by atoms with Crippen LogP contribution in [0.15, 0.2) is 36.5 Å². The van der Waals surface area contributed by atoms with Gasteiger partial charge < -0.3 is 10.6 Å². The highest BCUT2D eigenvalue weighted by Crippen LogP contribution is 2.19. The summed E-state index contributed by atoms with van der Waals surface area (Å²) in [5, 5.41) is 5.79. The SMILES string of the molecule is O=C(NC1CC1)c1ccnc(NCc2ccccc2F)n1. The molecular formula is C15H15FN4O. The lowest BCUT2D eigenvalue weighted by atomic mass is 10.2. The molecule has 1 heterocycles. The molecule has 108 valence electrons. The summed E-state index contributed by atoms with van der Waals surface area (Å²) in [6.45, 7) is 0.264. The van der Waals surface area contributed by atoms with Crippen molar-refractivity contribution in [2.24, 2.45) is 0 Å². The first-order valence-corrected chi connectivity index (χ1v) is 6.83. The third kappa shape index (κ3) is 3.53. The quantitative estimate of drug-likeness (QED) is 0.883. The van der Waals surface area contributed by atoms with Gasteiger partial charge in [0, 0.05) is 24.3 Å². The van der Waals surface area contributed by atoms with Gasteiger partial charge in [0.25, 0.3) is 5.91 Å². The van der Waals surface area contributed by atoms with Gasteiger partial charge in [0.1, 0.15) is 11.5 Å². The number of hydrogen-bond donors (Lipinski definition) is 2. The van der Waals surface area contributed by atoms with Crippen molar-refractivity contribution >= 4 is 11.9 Å². The van der Waals surface area contributed by atoms with Gasteiger partial charge in [-0.25, -0.2) is 14.4 Å². The van der Waals surface area contributed by atoms with Gasteiger partial charge in [0.15, 0.2) is 0 Å². The zero-order valence-corrected chi connectivity index (χ0v) is 11.3. The number of nitrogens with zero attached hydrogens (tertiary/aromatic N) is 2. The molecule has 1 aliphatic carbocycles. The van der Waals surface area contributed by atoms with Gasteiger partial charge in [-0.1, -0.05) is 18.2 Å². The molecule has 0 bridgehead atoms. The van der Waals surface area contributed by atoms with E-state index in [0.717, 1.165) is 12.8 Å². The van der Waals surface area contributed by atoms with E-state index < -0.39 is 0 Å². The average Bonchev–Trinajstić information content (AvgIpc) is 3.31. The molecule has 1 fully saturated rings. The molecule has 5 nitrogen and oxygen atoms in total. The molecule has 1 amide bonds. The Morgan fingerprint density at radius 1 is 1.29 bits per heavy atom. The number of carbonyl (C=O) groups excluding carboxylic acids is 1. The van der Waals surface area contributed by atoms with E-state index in [1.54, 1.807) is 24.3 Å². The molecule has 6 heteroatoms. The zero-order valence-electron chi connectivity index (χ0n) is 11.3. The van der Waals surface area contributed by atoms with Crippen LogP contribution in [0.4, 0.5) is 10.3 Å². The first-order valence-electron chi connectivity index (χ1n) is 6.83. The van der Waals surface area contributed by atoms with E-state index in [9.17, 15) is 9.18 Å². The van der Waals surface area contributed by atoms with Crippen LogP contribution in [0, 0.1) is 5.82 Å². The van der Waals surface area contributed by atoms with E-state index in [1.807, 2.05) is 0 Å². The maximum Gasteiger partial charge on any atom is 0.270 e. The molecule has 1 saturated carbocycles. The van der Waals surface area contributed by atoms with Gasteiger partial charge in [-0.3, -0.25) is 4.79 Å². The van der Waals surface area contributed by atoms with Crippen molar-refractivity contribution in [1.82, 2.24) is 15.3 Å². The topological polar surface area (TPSA) is 66.9 Å². The minimum atomic E-state index is -0.285. The lowest BCUT2D eigenvalue weighted by Crippen LogP contribution is -2.26. The fourth-order valence-electron chi connectivity index (χ4n) is 1.87. The molecule has 0 radical (unpaired) electrons. The summed E-state index contributed by atoms with van der Waals surface area (Å²) in [5.41, 5.74) is 0.835. The molecule has 3 rings (SSSR count). The van der Waals surface area contributed by atoms with E-state index in [1.165, 1.54) is 12.3 Å². The number of anilines is 1. The van der Waals surface area contributed by atoms with Crippen LogP contribution in [-0.2, 0) is 6.54 Å². The van der Waals surface area contributed by atoms with Crippen LogP contribution in [0.5, 0.6) is 0 Å². The summed E-state index contributed by atoms with van der Waals surface area (Å²) in [7, 11) is 0. The van der Waals surface area contributed by atoms with Gasteiger partial charge in [-0.05, 0) is 25.0 Å². The number of aromatic nitrogens is 2. The Morgan fingerprint density at radius 2 is 2.10 bits per heavy atom. The average molecular weight is 286 g/mol. The van der Waals surface area contributed by atoms with Gasteiger partial charge in [-0.15, -0.1) is 0 Å². The maximum absolute atomic E-state index is 13.5. The Labute approximate surface area is 121 Å². The number of nitrogens with one attached hydrogen (secondary N) is 2. The summed E-state index contributed by atoms with van der Waals surface area (Å²) >= 11 is 0. The predicted molar refractivity (Wildman–Crippen MR) is 76.2 cm³/mol. The van der Waals surface area contributed by atoms with Crippen molar-refractivity contribution in [3.8, 4) is 0 Å². The lowest BCUT2D eigenvalue weighted by molar-refractivity contribution is 0.0946. The fourth-order valence-corrected chi connectivity index (χ4v) is 1.87. The second-order valence-corrected chi connectivity index (χ2v) is 4.96. The van der Waals surface area contributed by atoms with Crippen molar-refractivity contribution in [2.45, 2.75) is 25.4 Å². The summed E-state index contributed by atoms with van der Waals surface area (Å²) in [6.07, 6.45) is 3.56. The second kappa shape index (κ2) is 5.87. The van der Waals surface area contributed by atoms with Crippen LogP contribution in [0.1, 0.15) is 28.9 Å². The third-order valence-corrected chi connectivity index (χ3v) is 3.20. The summed E-state index contributed by atoms with van der Waals surface area (Å²) < 4.78 is 13.5. The highest BCUT2D eigenvalue weighted by molar-refractivity contribution is 5.92. The molecular weight excluding hydrogens is 271 g/mol. The molecule has 0 unspecified atom stereocenters. The first-order chi connectivity index (χ1) is 10.2. The van der Waals surface area contributed by atoms with Gasteiger partial charge in [-0.2, -0.15) is 0 Å². The molecule has 2 aromatic rings. The predicted octanol–water partition coefficient (Wildman–Crippen LogP) is 2.12. The monoisotopic (exact) mass is 286 g/mol. The van der Waals surface area contributed by atoms with Crippen LogP contribution < -0.4 is 10.6 Å². The highest BCUT2D eigenvalue weighted by atomic mass is 19.1. The molecule has 21 heavy (non-hydrogen) atoms. The van der Waals surface area contributed by atoms with Gasteiger partial charge in [0.05, 0.1) is 0 Å². The number of benzene rings is 1. The maximum atomic E-state index is 13.5. The number of halogens is 1. The zero-order chi connectivity index (χ0) is 14.7. The van der Waals surface area contributed by atoms with Gasteiger partial charge >= 0.3 is 0 Å². The Hall–Kier alpha value is -2.50. The number of amides is 1. The van der Waals surface area contributed by atoms with E-state index >= 15 is 0 Å². The normalized spacial score (nSPS) is 13.8. The van der Waals surface area contributed by atoms with Crippen LogP contribution in [0.2, 0.25) is 0 Å². The first kappa shape index (κ1) is 13.5. The minimum Gasteiger partial charge on any atom is -0.350 e. The highest BCUT2D eigenvalue weighted by Gasteiger charge is 2.24. The fraction of sp³-hybridized carbons (Fsp3) is 0.267. The van der Waals surface area contributed by atoms with E-state index in [-0.39, 0.29) is 24.3 Å². The lowest BCUT2D eigenvalue weighted by Gasteiger charge is -2.07. The van der Waals surface area contributed by atoms with Crippen molar-refractivity contribution in [3.63, 3.8) is 0 Å². The molecule has 0 aliphatic heterocycles.